The fraction of sp³-hybridized carbons (Fsp3) is 0.750. The van der Waals surface area contributed by atoms with Crippen LogP contribution in [0.1, 0.15) is 6.92 Å². The second-order valence-electron chi connectivity index (χ2n) is 1.57. The van der Waals surface area contributed by atoms with Crippen molar-refractivity contribution in [2.45, 2.75) is 6.92 Å². The van der Waals surface area contributed by atoms with Gasteiger partial charge >= 0.3 is 5.97 Å². The summed E-state index contributed by atoms with van der Waals surface area (Å²) >= 11 is 0. The minimum absolute atomic E-state index is 0. The van der Waals surface area contributed by atoms with Crippen molar-refractivity contribution in [2.24, 2.45) is 11.8 Å². The van der Waals surface area contributed by atoms with Crippen molar-refractivity contribution in [2.75, 3.05) is 6.61 Å². The zero-order valence-corrected chi connectivity index (χ0v) is 5.85. The minimum atomic E-state index is -0.893. The predicted molar refractivity (Wildman–Crippen MR) is 34.2 cm³/mol. The van der Waals surface area contributed by atoms with Crippen LogP contribution in [0.4, 0.5) is 0 Å². The van der Waals surface area contributed by atoms with Crippen molar-refractivity contribution in [3.05, 3.63) is 0 Å². The lowest BCUT2D eigenvalue weighted by Gasteiger charge is -2.00. The Hall–Kier alpha value is -0.320. The molecule has 0 aromatic heterocycles. The van der Waals surface area contributed by atoms with Gasteiger partial charge in [-0.25, -0.2) is 5.90 Å². The Morgan fingerprint density at radius 3 is 2.44 bits per heavy atom. The van der Waals surface area contributed by atoms with Crippen LogP contribution < -0.4 is 5.90 Å². The average Bonchev–Trinajstić information content (AvgIpc) is 1.67. The van der Waals surface area contributed by atoms with E-state index in [0.29, 0.717) is 0 Å². The van der Waals surface area contributed by atoms with Crippen molar-refractivity contribution < 1.29 is 14.7 Å². The molecule has 0 aliphatic carbocycles. The van der Waals surface area contributed by atoms with Gasteiger partial charge < -0.3 is 9.94 Å². The first kappa shape index (κ1) is 11.5. The van der Waals surface area contributed by atoms with Crippen molar-refractivity contribution in [1.29, 1.82) is 0 Å². The van der Waals surface area contributed by atoms with Crippen LogP contribution in [0.3, 0.4) is 0 Å². The number of carboxylic acid groups (broad SMARTS) is 1. The number of carbonyl (C=O) groups is 1. The third-order valence-corrected chi connectivity index (χ3v) is 0.768. The lowest BCUT2D eigenvalue weighted by molar-refractivity contribution is -0.143. The van der Waals surface area contributed by atoms with Crippen LogP contribution in [0.15, 0.2) is 0 Å². The highest BCUT2D eigenvalue weighted by Crippen LogP contribution is 1.91. The molecule has 0 heterocycles. The molecule has 0 spiro atoms. The molecule has 0 amide bonds. The SMILES string of the molecule is CC(CON)C(=O)O.Cl. The number of hydrogen-bond donors (Lipinski definition) is 2. The van der Waals surface area contributed by atoms with Gasteiger partial charge in [-0.05, 0) is 6.92 Å². The molecule has 0 radical (unpaired) electrons. The monoisotopic (exact) mass is 155 g/mol. The minimum Gasteiger partial charge on any atom is -0.481 e. The Bertz CT molecular complexity index is 87.9. The number of carboxylic acids is 1. The number of nitrogens with two attached hydrogens (primary N) is 1. The summed E-state index contributed by atoms with van der Waals surface area (Å²) in [7, 11) is 0. The molecule has 0 aliphatic heterocycles. The van der Waals surface area contributed by atoms with Gasteiger partial charge in [0.15, 0.2) is 0 Å². The zero-order chi connectivity index (χ0) is 6.57. The fourth-order valence-corrected chi connectivity index (χ4v) is 0.216. The van der Waals surface area contributed by atoms with E-state index in [0.717, 1.165) is 0 Å². The summed E-state index contributed by atoms with van der Waals surface area (Å²) in [6, 6.07) is 0. The van der Waals surface area contributed by atoms with Gasteiger partial charge in [-0.1, -0.05) is 0 Å². The van der Waals surface area contributed by atoms with Crippen molar-refractivity contribution in [1.82, 2.24) is 0 Å². The zero-order valence-electron chi connectivity index (χ0n) is 5.03. The van der Waals surface area contributed by atoms with Crippen LogP contribution >= 0.6 is 12.4 Å². The van der Waals surface area contributed by atoms with E-state index in [1.54, 1.807) is 0 Å². The molecule has 9 heavy (non-hydrogen) atoms. The van der Waals surface area contributed by atoms with E-state index in [1.807, 2.05) is 0 Å². The standard InChI is InChI=1S/C4H9NO3.ClH/c1-3(2-8-5)4(6)7;/h3H,2,5H2,1H3,(H,6,7);1H. The van der Waals surface area contributed by atoms with Crippen LogP contribution in [0, 0.1) is 5.92 Å². The van der Waals surface area contributed by atoms with E-state index in [-0.39, 0.29) is 19.0 Å². The number of aliphatic carboxylic acids is 1. The normalized spacial score (nSPS) is 11.8. The molecule has 1 atom stereocenters. The molecule has 0 bridgehead atoms. The lowest BCUT2D eigenvalue weighted by atomic mass is 10.2. The highest BCUT2D eigenvalue weighted by Gasteiger charge is 2.08. The first-order valence-corrected chi connectivity index (χ1v) is 2.23. The molecule has 5 heteroatoms. The van der Waals surface area contributed by atoms with Gasteiger partial charge in [-0.2, -0.15) is 0 Å². The number of halogens is 1. The van der Waals surface area contributed by atoms with Crippen molar-refractivity contribution in [3.63, 3.8) is 0 Å². The maximum absolute atomic E-state index is 9.95. The number of rotatable bonds is 3. The van der Waals surface area contributed by atoms with E-state index in [9.17, 15) is 4.79 Å². The largest absolute Gasteiger partial charge is 0.481 e. The molecular formula is C4H10ClNO3. The topological polar surface area (TPSA) is 72.5 Å². The molecular weight excluding hydrogens is 146 g/mol. The summed E-state index contributed by atoms with van der Waals surface area (Å²) in [5.41, 5.74) is 0. The maximum atomic E-state index is 9.95. The van der Waals surface area contributed by atoms with Gasteiger partial charge in [0.2, 0.25) is 0 Å². The van der Waals surface area contributed by atoms with Gasteiger partial charge in [-0.15, -0.1) is 12.4 Å². The Labute approximate surface area is 59.4 Å². The third kappa shape index (κ3) is 5.55. The third-order valence-electron chi connectivity index (χ3n) is 0.768. The van der Waals surface area contributed by atoms with Crippen LogP contribution in [0.25, 0.3) is 0 Å². The molecule has 3 N–H and O–H groups in total. The van der Waals surface area contributed by atoms with Crippen LogP contribution in [-0.2, 0) is 9.63 Å². The fourth-order valence-electron chi connectivity index (χ4n) is 0.216. The smallest absolute Gasteiger partial charge is 0.308 e. The van der Waals surface area contributed by atoms with Crippen molar-refractivity contribution in [3.8, 4) is 0 Å². The van der Waals surface area contributed by atoms with Gasteiger partial charge in [0.05, 0.1) is 12.5 Å². The summed E-state index contributed by atoms with van der Waals surface area (Å²) < 4.78 is 0. The van der Waals surface area contributed by atoms with Gasteiger partial charge in [0.25, 0.3) is 0 Å². The van der Waals surface area contributed by atoms with E-state index >= 15 is 0 Å². The molecule has 0 rings (SSSR count). The molecule has 0 saturated heterocycles. The first-order valence-electron chi connectivity index (χ1n) is 2.23. The second kappa shape index (κ2) is 5.81. The molecule has 0 aromatic rings. The number of hydrogen-bond acceptors (Lipinski definition) is 3. The van der Waals surface area contributed by atoms with Crippen molar-refractivity contribution >= 4 is 18.4 Å². The molecule has 0 fully saturated rings. The van der Waals surface area contributed by atoms with Crippen LogP contribution in [-0.4, -0.2) is 17.7 Å². The molecule has 1 unspecified atom stereocenters. The predicted octanol–water partition coefficient (Wildman–Crippen LogP) is 0.0192. The van der Waals surface area contributed by atoms with Gasteiger partial charge in [-0.3, -0.25) is 4.79 Å². The Morgan fingerprint density at radius 2 is 2.33 bits per heavy atom. The van der Waals surface area contributed by atoms with Gasteiger partial charge in [0, 0.05) is 0 Å². The molecule has 0 saturated carbocycles. The van der Waals surface area contributed by atoms with E-state index in [4.69, 9.17) is 5.11 Å². The quantitative estimate of drug-likeness (QED) is 0.564. The molecule has 0 aliphatic rings. The molecule has 0 aromatic carbocycles. The van der Waals surface area contributed by atoms with E-state index in [2.05, 4.69) is 10.7 Å². The molecule has 4 nitrogen and oxygen atoms in total. The van der Waals surface area contributed by atoms with E-state index in [1.165, 1.54) is 6.92 Å². The highest BCUT2D eigenvalue weighted by atomic mass is 35.5. The summed E-state index contributed by atoms with van der Waals surface area (Å²) in [6.07, 6.45) is 0. The van der Waals surface area contributed by atoms with E-state index < -0.39 is 11.9 Å². The lowest BCUT2D eigenvalue weighted by Crippen LogP contribution is -2.18. The summed E-state index contributed by atoms with van der Waals surface area (Å²) in [6.45, 7) is 1.59. The second-order valence-corrected chi connectivity index (χ2v) is 1.57. The maximum Gasteiger partial charge on any atom is 0.308 e. The van der Waals surface area contributed by atoms with Crippen LogP contribution in [0.2, 0.25) is 0 Å². The first-order chi connectivity index (χ1) is 3.68. The summed E-state index contributed by atoms with van der Waals surface area (Å²) in [4.78, 5) is 14.0. The summed E-state index contributed by atoms with van der Waals surface area (Å²) in [5, 5.41) is 8.18. The molecule has 56 valence electrons. The Kier molecular flexibility index (Phi) is 7.41. The Balaban J connectivity index is 0. The highest BCUT2D eigenvalue weighted by molar-refractivity contribution is 5.85. The Morgan fingerprint density at radius 1 is 1.89 bits per heavy atom. The summed E-state index contributed by atoms with van der Waals surface area (Å²) in [5.74, 6) is 3.20. The van der Waals surface area contributed by atoms with Crippen LogP contribution in [0.5, 0.6) is 0 Å². The average molecular weight is 156 g/mol. The van der Waals surface area contributed by atoms with Gasteiger partial charge in [0.1, 0.15) is 0 Å².